The molecule has 0 spiro atoms. The highest BCUT2D eigenvalue weighted by Gasteiger charge is 2.17. The van der Waals surface area contributed by atoms with Crippen molar-refractivity contribution in [3.05, 3.63) is 59.7 Å². The van der Waals surface area contributed by atoms with Crippen LogP contribution in [0.3, 0.4) is 0 Å². The zero-order valence-electron chi connectivity index (χ0n) is 12.7. The molecule has 0 saturated carbocycles. The summed E-state index contributed by atoms with van der Waals surface area (Å²) in [5, 5.41) is 16.8. The van der Waals surface area contributed by atoms with E-state index in [-0.39, 0.29) is 23.7 Å². The number of nitrogens with zero attached hydrogens (tertiary/aromatic N) is 1. The fraction of sp³-hybridized carbons (Fsp3) is 0.125. The van der Waals surface area contributed by atoms with Gasteiger partial charge in [-0.2, -0.15) is 0 Å². The molecular weight excluding hydrogens is 318 g/mol. The van der Waals surface area contributed by atoms with Crippen LogP contribution >= 0.6 is 0 Å². The average molecular weight is 333 g/mol. The van der Waals surface area contributed by atoms with Crippen molar-refractivity contribution in [2.24, 2.45) is 0 Å². The maximum Gasteiger partial charge on any atom is 0.347 e. The molecule has 0 unspecified atom stereocenters. The fourth-order valence-corrected chi connectivity index (χ4v) is 1.88. The third-order valence-corrected chi connectivity index (χ3v) is 2.87. The Morgan fingerprint density at radius 3 is 2.25 bits per heavy atom. The Balaban J connectivity index is 2.20. The molecule has 0 aromatic heterocycles. The van der Waals surface area contributed by atoms with E-state index in [4.69, 9.17) is 19.9 Å². The molecule has 126 valence electrons. The quantitative estimate of drug-likeness (QED) is 0.471. The summed E-state index contributed by atoms with van der Waals surface area (Å²) in [6.45, 7) is 0.992. The molecule has 2 aromatic rings. The first-order chi connectivity index (χ1) is 11.5. The first-order valence-electron chi connectivity index (χ1n) is 6.85. The number of esters is 2. The summed E-state index contributed by atoms with van der Waals surface area (Å²) < 4.78 is 10.3. The van der Waals surface area contributed by atoms with Gasteiger partial charge < -0.3 is 9.47 Å². The van der Waals surface area contributed by atoms with Gasteiger partial charge in [-0.25, -0.2) is 9.63 Å². The summed E-state index contributed by atoms with van der Waals surface area (Å²) in [5.74, 6) is -1.04. The number of rotatable bonds is 6. The molecule has 2 N–H and O–H groups in total. The zero-order valence-corrected chi connectivity index (χ0v) is 12.7. The number of carbonyl (C=O) groups is 2. The van der Waals surface area contributed by atoms with E-state index in [1.165, 1.54) is 25.1 Å². The second-order valence-electron chi connectivity index (χ2n) is 4.61. The Morgan fingerprint density at radius 1 is 0.958 bits per heavy atom. The normalized spacial score (nSPS) is 10.5. The van der Waals surface area contributed by atoms with E-state index in [0.29, 0.717) is 5.56 Å². The first kappa shape index (κ1) is 17.6. The van der Waals surface area contributed by atoms with E-state index in [0.717, 1.165) is 0 Å². The van der Waals surface area contributed by atoms with Crippen molar-refractivity contribution in [2.75, 3.05) is 0 Å². The highest BCUT2D eigenvalue weighted by Crippen LogP contribution is 2.24. The molecule has 0 saturated heterocycles. The predicted octanol–water partition coefficient (Wildman–Crippen LogP) is 2.34. The van der Waals surface area contributed by atoms with E-state index in [1.807, 2.05) is 0 Å². The highest BCUT2D eigenvalue weighted by atomic mass is 17.1. The van der Waals surface area contributed by atoms with Crippen LogP contribution in [-0.2, 0) is 16.2 Å². The van der Waals surface area contributed by atoms with E-state index >= 15 is 0 Å². The van der Waals surface area contributed by atoms with Crippen molar-refractivity contribution >= 4 is 11.9 Å². The van der Waals surface area contributed by atoms with Gasteiger partial charge in [0.25, 0.3) is 0 Å². The molecule has 0 bridgehead atoms. The maximum atomic E-state index is 12.3. The third-order valence-electron chi connectivity index (χ3n) is 2.87. The number of ether oxygens (including phenoxy) is 2. The second kappa shape index (κ2) is 8.18. The Morgan fingerprint density at radius 2 is 1.58 bits per heavy atom. The van der Waals surface area contributed by atoms with Gasteiger partial charge in [0.1, 0.15) is 23.7 Å². The molecule has 24 heavy (non-hydrogen) atoms. The lowest BCUT2D eigenvalue weighted by Gasteiger charge is -2.12. The predicted molar refractivity (Wildman–Crippen MR) is 79.4 cm³/mol. The Bertz CT molecular complexity index is 730. The number of hydrogen-bond acceptors (Lipinski definition) is 8. The SMILES string of the molecule is CC(=O)Oc1ccccc1C(=O)Oc1ccccc1CON(O)O. The summed E-state index contributed by atoms with van der Waals surface area (Å²) in [7, 11) is 0. The lowest BCUT2D eigenvalue weighted by atomic mass is 10.2. The van der Waals surface area contributed by atoms with Gasteiger partial charge in [0.05, 0.1) is 5.39 Å². The van der Waals surface area contributed by atoms with Crippen LogP contribution in [0.15, 0.2) is 48.5 Å². The van der Waals surface area contributed by atoms with Crippen molar-refractivity contribution in [2.45, 2.75) is 13.5 Å². The van der Waals surface area contributed by atoms with Crippen molar-refractivity contribution in [3.63, 3.8) is 0 Å². The van der Waals surface area contributed by atoms with Gasteiger partial charge in [-0.15, -0.1) is 0 Å². The van der Waals surface area contributed by atoms with Gasteiger partial charge in [-0.05, 0) is 18.2 Å². The Hall–Kier alpha value is -2.78. The molecule has 0 aliphatic rings. The van der Waals surface area contributed by atoms with Gasteiger partial charge in [-0.3, -0.25) is 15.2 Å². The number of carbonyl (C=O) groups excluding carboxylic acids is 2. The van der Waals surface area contributed by atoms with Crippen LogP contribution < -0.4 is 9.47 Å². The summed E-state index contributed by atoms with van der Waals surface area (Å²) in [6.07, 6.45) is 0. The molecule has 0 fully saturated rings. The standard InChI is InChI=1S/C16H15NO7/c1-11(18)23-15-9-5-3-7-13(15)16(19)24-14-8-4-2-6-12(14)10-22-17(20)21/h2-9,20-21H,10H2,1H3. The molecule has 2 aromatic carbocycles. The zero-order chi connectivity index (χ0) is 17.5. The molecule has 0 atom stereocenters. The van der Waals surface area contributed by atoms with Crippen molar-refractivity contribution in [1.82, 2.24) is 5.39 Å². The van der Waals surface area contributed by atoms with Crippen LogP contribution in [0.4, 0.5) is 0 Å². The minimum absolute atomic E-state index is 0.0781. The molecule has 8 nitrogen and oxygen atoms in total. The fourth-order valence-electron chi connectivity index (χ4n) is 1.88. The molecule has 0 heterocycles. The minimum Gasteiger partial charge on any atom is -0.426 e. The topological polar surface area (TPSA) is 106 Å². The van der Waals surface area contributed by atoms with E-state index in [1.54, 1.807) is 30.3 Å². The number of benzene rings is 2. The van der Waals surface area contributed by atoms with E-state index in [2.05, 4.69) is 4.84 Å². The van der Waals surface area contributed by atoms with Gasteiger partial charge in [0.2, 0.25) is 0 Å². The van der Waals surface area contributed by atoms with Crippen molar-refractivity contribution in [3.8, 4) is 11.5 Å². The lowest BCUT2D eigenvalue weighted by Crippen LogP contribution is -2.16. The molecule has 0 aliphatic heterocycles. The van der Waals surface area contributed by atoms with Crippen LogP contribution in [0, 0.1) is 0 Å². The first-order valence-corrected chi connectivity index (χ1v) is 6.85. The van der Waals surface area contributed by atoms with Crippen LogP contribution in [0.2, 0.25) is 0 Å². The maximum absolute atomic E-state index is 12.3. The third kappa shape index (κ3) is 4.86. The van der Waals surface area contributed by atoms with E-state index in [9.17, 15) is 9.59 Å². The van der Waals surface area contributed by atoms with Gasteiger partial charge in [0.15, 0.2) is 0 Å². The molecule has 0 amide bonds. The van der Waals surface area contributed by atoms with Gasteiger partial charge >= 0.3 is 11.9 Å². The molecular formula is C16H15NO7. The van der Waals surface area contributed by atoms with Crippen molar-refractivity contribution in [1.29, 1.82) is 0 Å². The molecule has 8 heteroatoms. The summed E-state index contributed by atoms with van der Waals surface area (Å²) in [5.41, 5.74) is 0.485. The second-order valence-corrected chi connectivity index (χ2v) is 4.61. The Labute approximate surface area is 137 Å². The van der Waals surface area contributed by atoms with Crippen molar-refractivity contribution < 1.29 is 34.3 Å². The molecule has 0 aliphatic carbocycles. The average Bonchev–Trinajstić information content (AvgIpc) is 2.54. The summed E-state index contributed by atoms with van der Waals surface area (Å²) in [6, 6.07) is 12.6. The van der Waals surface area contributed by atoms with Crippen LogP contribution in [0.5, 0.6) is 11.5 Å². The van der Waals surface area contributed by atoms with Crippen LogP contribution in [-0.4, -0.2) is 27.7 Å². The summed E-state index contributed by atoms with van der Waals surface area (Å²) >= 11 is 0. The Kier molecular flexibility index (Phi) is 5.99. The van der Waals surface area contributed by atoms with E-state index < -0.39 is 17.3 Å². The summed E-state index contributed by atoms with van der Waals surface area (Å²) in [4.78, 5) is 28.0. The monoisotopic (exact) mass is 333 g/mol. The van der Waals surface area contributed by atoms with Crippen LogP contribution in [0.1, 0.15) is 22.8 Å². The minimum atomic E-state index is -0.732. The van der Waals surface area contributed by atoms with Crippen LogP contribution in [0.25, 0.3) is 0 Å². The lowest BCUT2D eigenvalue weighted by molar-refractivity contribution is -0.497. The number of hydrogen-bond donors (Lipinski definition) is 2. The molecule has 2 rings (SSSR count). The molecule has 0 radical (unpaired) electrons. The smallest absolute Gasteiger partial charge is 0.347 e. The largest absolute Gasteiger partial charge is 0.426 e. The highest BCUT2D eigenvalue weighted by molar-refractivity contribution is 5.94. The van der Waals surface area contributed by atoms with Gasteiger partial charge in [-0.1, -0.05) is 30.3 Å². The van der Waals surface area contributed by atoms with Gasteiger partial charge in [0, 0.05) is 12.5 Å². The number of para-hydroxylation sites is 2.